The molecule has 0 atom stereocenters. The molecule has 1 fully saturated rings. The van der Waals surface area contributed by atoms with Gasteiger partial charge in [-0.3, -0.25) is 4.79 Å². The Hall–Kier alpha value is -1.26. The molecule has 0 radical (unpaired) electrons. The predicted octanol–water partition coefficient (Wildman–Crippen LogP) is 3.77. The molecular formula is C18H34N2O3. The van der Waals surface area contributed by atoms with Gasteiger partial charge in [-0.15, -0.1) is 0 Å². The Morgan fingerprint density at radius 1 is 1.09 bits per heavy atom. The number of hydrogen-bond donors (Lipinski definition) is 2. The van der Waals surface area contributed by atoms with E-state index in [1.165, 1.54) is 6.42 Å². The minimum Gasteiger partial charge on any atom is -0.444 e. The van der Waals surface area contributed by atoms with Crippen molar-refractivity contribution in [2.24, 2.45) is 5.92 Å². The number of ether oxygens (including phenoxy) is 1. The highest BCUT2D eigenvalue weighted by Gasteiger charge is 2.35. The number of alkyl carbamates (subject to hydrolysis) is 1. The Morgan fingerprint density at radius 2 is 1.65 bits per heavy atom. The third-order valence-corrected chi connectivity index (χ3v) is 4.53. The number of carbonyl (C=O) groups excluding carboxylic acids is 2. The summed E-state index contributed by atoms with van der Waals surface area (Å²) >= 11 is 0. The highest BCUT2D eigenvalue weighted by atomic mass is 16.6. The van der Waals surface area contributed by atoms with Crippen molar-refractivity contribution in [3.63, 3.8) is 0 Å². The highest BCUT2D eigenvalue weighted by molar-refractivity contribution is 5.78. The Morgan fingerprint density at radius 3 is 2.13 bits per heavy atom. The molecule has 0 heterocycles. The van der Waals surface area contributed by atoms with Gasteiger partial charge in [-0.05, 0) is 46.5 Å². The molecule has 5 heteroatoms. The molecule has 1 aliphatic carbocycles. The van der Waals surface area contributed by atoms with Gasteiger partial charge in [-0.25, -0.2) is 4.79 Å². The molecule has 134 valence electrons. The molecule has 0 aromatic carbocycles. The van der Waals surface area contributed by atoms with Crippen LogP contribution in [0.5, 0.6) is 0 Å². The van der Waals surface area contributed by atoms with Crippen LogP contribution in [0.15, 0.2) is 0 Å². The second kappa shape index (κ2) is 8.55. The summed E-state index contributed by atoms with van der Waals surface area (Å²) in [5.74, 6) is 0.142. The Kier molecular flexibility index (Phi) is 7.36. The smallest absolute Gasteiger partial charge is 0.408 e. The summed E-state index contributed by atoms with van der Waals surface area (Å²) < 4.78 is 5.40. The van der Waals surface area contributed by atoms with Gasteiger partial charge in [0.1, 0.15) is 5.60 Å². The Bertz CT molecular complexity index is 392. The van der Waals surface area contributed by atoms with Crippen molar-refractivity contribution >= 4 is 12.0 Å². The van der Waals surface area contributed by atoms with Gasteiger partial charge >= 0.3 is 6.09 Å². The molecule has 0 aromatic heterocycles. The lowest BCUT2D eigenvalue weighted by Gasteiger charge is -2.38. The first-order valence-electron chi connectivity index (χ1n) is 9.00. The zero-order valence-corrected chi connectivity index (χ0v) is 15.5. The van der Waals surface area contributed by atoms with Crippen LogP contribution in [0.4, 0.5) is 4.79 Å². The van der Waals surface area contributed by atoms with Gasteiger partial charge in [0.2, 0.25) is 5.91 Å². The standard InChI is InChI=1S/C18H34N2O3/c1-6-14(7-2)15(21)19-13-18(11-9-8-10-12-18)20-16(22)23-17(3,4)5/h14H,6-13H2,1-5H3,(H,19,21)(H,20,22). The first-order chi connectivity index (χ1) is 10.7. The second-order valence-corrected chi connectivity index (χ2v) is 7.70. The number of hydrogen-bond acceptors (Lipinski definition) is 3. The van der Waals surface area contributed by atoms with Crippen LogP contribution in [0.1, 0.15) is 79.6 Å². The Labute approximate surface area is 140 Å². The van der Waals surface area contributed by atoms with E-state index in [0.717, 1.165) is 38.5 Å². The van der Waals surface area contributed by atoms with Gasteiger partial charge in [0, 0.05) is 12.5 Å². The first-order valence-corrected chi connectivity index (χ1v) is 9.00. The molecule has 0 bridgehead atoms. The number of nitrogens with one attached hydrogen (secondary N) is 2. The zero-order valence-electron chi connectivity index (χ0n) is 15.5. The van der Waals surface area contributed by atoms with E-state index in [4.69, 9.17) is 4.74 Å². The predicted molar refractivity (Wildman–Crippen MR) is 92.3 cm³/mol. The molecule has 2 amide bonds. The maximum Gasteiger partial charge on any atom is 0.408 e. The van der Waals surface area contributed by atoms with E-state index in [2.05, 4.69) is 10.6 Å². The molecule has 0 spiro atoms. The summed E-state index contributed by atoms with van der Waals surface area (Å²) in [7, 11) is 0. The summed E-state index contributed by atoms with van der Waals surface area (Å²) in [4.78, 5) is 24.4. The topological polar surface area (TPSA) is 67.4 Å². The van der Waals surface area contributed by atoms with Crippen LogP contribution < -0.4 is 10.6 Å². The molecule has 23 heavy (non-hydrogen) atoms. The fourth-order valence-electron chi connectivity index (χ4n) is 3.15. The van der Waals surface area contributed by atoms with E-state index in [1.807, 2.05) is 34.6 Å². The minimum atomic E-state index is -0.515. The SMILES string of the molecule is CCC(CC)C(=O)NCC1(NC(=O)OC(C)(C)C)CCCCC1. The lowest BCUT2D eigenvalue weighted by atomic mass is 9.81. The van der Waals surface area contributed by atoms with Gasteiger partial charge < -0.3 is 15.4 Å². The molecule has 2 N–H and O–H groups in total. The van der Waals surface area contributed by atoms with Crippen molar-refractivity contribution in [2.75, 3.05) is 6.54 Å². The normalized spacial score (nSPS) is 17.7. The number of carbonyl (C=O) groups is 2. The van der Waals surface area contributed by atoms with Crippen LogP contribution in [-0.4, -0.2) is 29.7 Å². The van der Waals surface area contributed by atoms with Crippen LogP contribution in [0.3, 0.4) is 0 Å². The monoisotopic (exact) mass is 326 g/mol. The molecule has 1 aliphatic rings. The largest absolute Gasteiger partial charge is 0.444 e. The van der Waals surface area contributed by atoms with E-state index in [0.29, 0.717) is 6.54 Å². The number of rotatable bonds is 6. The quantitative estimate of drug-likeness (QED) is 0.781. The van der Waals surface area contributed by atoms with Gasteiger partial charge in [-0.1, -0.05) is 33.1 Å². The molecule has 0 saturated heterocycles. The molecule has 0 aromatic rings. The molecule has 5 nitrogen and oxygen atoms in total. The van der Waals surface area contributed by atoms with Crippen LogP contribution in [0, 0.1) is 5.92 Å². The average molecular weight is 326 g/mol. The molecule has 0 unspecified atom stereocenters. The van der Waals surface area contributed by atoms with E-state index in [1.54, 1.807) is 0 Å². The maximum absolute atomic E-state index is 12.2. The van der Waals surface area contributed by atoms with Gasteiger partial charge in [-0.2, -0.15) is 0 Å². The van der Waals surface area contributed by atoms with Crippen molar-refractivity contribution in [3.05, 3.63) is 0 Å². The van der Waals surface area contributed by atoms with Gasteiger partial charge in [0.15, 0.2) is 0 Å². The van der Waals surface area contributed by atoms with Crippen molar-refractivity contribution in [1.29, 1.82) is 0 Å². The Balaban J connectivity index is 2.67. The van der Waals surface area contributed by atoms with Gasteiger partial charge in [0.05, 0.1) is 5.54 Å². The second-order valence-electron chi connectivity index (χ2n) is 7.70. The van der Waals surface area contributed by atoms with E-state index in [-0.39, 0.29) is 17.4 Å². The molecular weight excluding hydrogens is 292 g/mol. The summed E-state index contributed by atoms with van der Waals surface area (Å²) in [5, 5.41) is 6.10. The fourth-order valence-corrected chi connectivity index (χ4v) is 3.15. The van der Waals surface area contributed by atoms with Crippen molar-refractivity contribution in [3.8, 4) is 0 Å². The minimum absolute atomic E-state index is 0.0529. The van der Waals surface area contributed by atoms with Crippen molar-refractivity contribution in [1.82, 2.24) is 10.6 Å². The van der Waals surface area contributed by atoms with E-state index < -0.39 is 11.7 Å². The van der Waals surface area contributed by atoms with Gasteiger partial charge in [0.25, 0.3) is 0 Å². The number of amides is 2. The van der Waals surface area contributed by atoms with Crippen LogP contribution >= 0.6 is 0 Å². The lowest BCUT2D eigenvalue weighted by Crippen LogP contribution is -2.57. The van der Waals surface area contributed by atoms with Crippen LogP contribution in [0.25, 0.3) is 0 Å². The van der Waals surface area contributed by atoms with Crippen LogP contribution in [-0.2, 0) is 9.53 Å². The van der Waals surface area contributed by atoms with Crippen molar-refractivity contribution < 1.29 is 14.3 Å². The molecule has 1 rings (SSSR count). The lowest BCUT2D eigenvalue weighted by molar-refractivity contribution is -0.125. The highest BCUT2D eigenvalue weighted by Crippen LogP contribution is 2.28. The average Bonchev–Trinajstić information content (AvgIpc) is 2.45. The molecule has 1 saturated carbocycles. The summed E-state index contributed by atoms with van der Waals surface area (Å²) in [5.41, 5.74) is -0.888. The third-order valence-electron chi connectivity index (χ3n) is 4.53. The van der Waals surface area contributed by atoms with Crippen molar-refractivity contribution in [2.45, 2.75) is 90.7 Å². The molecule has 0 aliphatic heterocycles. The summed E-state index contributed by atoms with van der Waals surface area (Å²) in [6.45, 7) is 10.1. The summed E-state index contributed by atoms with van der Waals surface area (Å²) in [6.07, 6.45) is 6.37. The fraction of sp³-hybridized carbons (Fsp3) is 0.889. The maximum atomic E-state index is 12.2. The summed E-state index contributed by atoms with van der Waals surface area (Å²) in [6, 6.07) is 0. The third kappa shape index (κ3) is 6.80. The first kappa shape index (κ1) is 19.8. The van der Waals surface area contributed by atoms with E-state index in [9.17, 15) is 9.59 Å². The zero-order chi connectivity index (χ0) is 17.5. The van der Waals surface area contributed by atoms with E-state index >= 15 is 0 Å². The van der Waals surface area contributed by atoms with Crippen LogP contribution in [0.2, 0.25) is 0 Å².